The number of anilines is 1. The number of carbonyl (C=O) groups is 1. The Morgan fingerprint density at radius 1 is 1.24 bits per heavy atom. The first-order valence-electron chi connectivity index (χ1n) is 6.98. The van der Waals surface area contributed by atoms with E-state index in [2.05, 4.69) is 63.6 Å². The summed E-state index contributed by atoms with van der Waals surface area (Å²) in [6.45, 7) is 0.0280. The third-order valence-corrected chi connectivity index (χ3v) is 4.77. The van der Waals surface area contributed by atoms with Crippen LogP contribution in [0.15, 0.2) is 48.9 Å². The van der Waals surface area contributed by atoms with Gasteiger partial charge in [0.05, 0.1) is 25.6 Å². The molecular formula is C16H14Br3N3O3. The lowest BCUT2D eigenvalue weighted by molar-refractivity contribution is -0.119. The van der Waals surface area contributed by atoms with Crippen molar-refractivity contribution in [3.63, 3.8) is 0 Å². The molecule has 0 heterocycles. The number of halogens is 3. The predicted octanol–water partition coefficient (Wildman–Crippen LogP) is 4.25. The number of aromatic hydroxyl groups is 1. The van der Waals surface area contributed by atoms with Gasteiger partial charge in [0, 0.05) is 19.0 Å². The second-order valence-corrected chi connectivity index (χ2v) is 7.44. The molecule has 0 radical (unpaired) electrons. The van der Waals surface area contributed by atoms with Crippen LogP contribution in [0.2, 0.25) is 0 Å². The largest absolute Gasteiger partial charge is 0.507 e. The van der Waals surface area contributed by atoms with E-state index in [1.165, 1.54) is 19.4 Å². The zero-order valence-corrected chi connectivity index (χ0v) is 17.8. The molecule has 3 N–H and O–H groups in total. The number of rotatable bonds is 6. The van der Waals surface area contributed by atoms with E-state index in [-0.39, 0.29) is 18.2 Å². The van der Waals surface area contributed by atoms with E-state index in [4.69, 9.17) is 4.74 Å². The van der Waals surface area contributed by atoms with Crippen molar-refractivity contribution >= 4 is 65.6 Å². The summed E-state index contributed by atoms with van der Waals surface area (Å²) in [5.41, 5.74) is 3.59. The van der Waals surface area contributed by atoms with Gasteiger partial charge in [-0.3, -0.25) is 4.79 Å². The minimum absolute atomic E-state index is 0.0280. The molecule has 0 aliphatic heterocycles. The minimum Gasteiger partial charge on any atom is -0.507 e. The lowest BCUT2D eigenvalue weighted by Crippen LogP contribution is -2.26. The van der Waals surface area contributed by atoms with Crippen molar-refractivity contribution < 1.29 is 14.6 Å². The molecule has 2 aromatic carbocycles. The average Bonchev–Trinajstić information content (AvgIpc) is 2.55. The summed E-state index contributed by atoms with van der Waals surface area (Å²) in [5, 5.41) is 16.6. The van der Waals surface area contributed by atoms with Crippen LogP contribution in [-0.2, 0) is 4.79 Å². The number of benzene rings is 2. The first-order chi connectivity index (χ1) is 11.9. The van der Waals surface area contributed by atoms with Gasteiger partial charge in [-0.05, 0) is 62.2 Å². The summed E-state index contributed by atoms with van der Waals surface area (Å²) >= 11 is 10.2. The lowest BCUT2D eigenvalue weighted by atomic mass is 10.2. The van der Waals surface area contributed by atoms with Gasteiger partial charge in [-0.25, -0.2) is 5.43 Å². The Labute approximate surface area is 170 Å². The van der Waals surface area contributed by atoms with Crippen molar-refractivity contribution in [1.82, 2.24) is 5.43 Å². The van der Waals surface area contributed by atoms with Gasteiger partial charge >= 0.3 is 0 Å². The molecule has 2 rings (SSSR count). The number of phenolic OH excluding ortho intramolecular Hbond substituents is 1. The highest BCUT2D eigenvalue weighted by atomic mass is 79.9. The Balaban J connectivity index is 1.93. The van der Waals surface area contributed by atoms with Crippen molar-refractivity contribution in [2.45, 2.75) is 0 Å². The molecule has 0 fully saturated rings. The molecule has 0 unspecified atom stereocenters. The van der Waals surface area contributed by atoms with Crippen LogP contribution in [-0.4, -0.2) is 30.9 Å². The van der Waals surface area contributed by atoms with Crippen LogP contribution in [0.5, 0.6) is 11.5 Å². The topological polar surface area (TPSA) is 83.0 Å². The average molecular weight is 536 g/mol. The fraction of sp³-hybridized carbons (Fsp3) is 0.125. The highest BCUT2D eigenvalue weighted by molar-refractivity contribution is 9.11. The first kappa shape index (κ1) is 19.7. The monoisotopic (exact) mass is 533 g/mol. The summed E-state index contributed by atoms with van der Waals surface area (Å²) in [5.74, 6) is 0.289. The molecule has 0 aromatic heterocycles. The second-order valence-electron chi connectivity index (χ2n) is 4.82. The van der Waals surface area contributed by atoms with Gasteiger partial charge < -0.3 is 15.2 Å². The zero-order valence-electron chi connectivity index (χ0n) is 13.0. The van der Waals surface area contributed by atoms with Gasteiger partial charge in [0.1, 0.15) is 11.5 Å². The summed E-state index contributed by atoms with van der Waals surface area (Å²) in [6.07, 6.45) is 1.35. The molecule has 132 valence electrons. The third-order valence-electron chi connectivity index (χ3n) is 3.06. The SMILES string of the molecule is COc1ccc(O)c(/C=N\NC(=O)CNc2c(Br)cc(Br)cc2Br)c1. The number of ether oxygens (including phenoxy) is 1. The quantitative estimate of drug-likeness (QED) is 0.381. The molecule has 0 atom stereocenters. The van der Waals surface area contributed by atoms with E-state index in [1.807, 2.05) is 12.1 Å². The summed E-state index contributed by atoms with van der Waals surface area (Å²) < 4.78 is 7.60. The summed E-state index contributed by atoms with van der Waals surface area (Å²) in [7, 11) is 1.53. The van der Waals surface area contributed by atoms with Gasteiger partial charge in [-0.15, -0.1) is 0 Å². The van der Waals surface area contributed by atoms with Crippen molar-refractivity contribution in [1.29, 1.82) is 0 Å². The van der Waals surface area contributed by atoms with Gasteiger partial charge in [-0.2, -0.15) is 5.10 Å². The molecule has 1 amide bonds. The summed E-state index contributed by atoms with van der Waals surface area (Å²) in [4.78, 5) is 11.9. The maximum Gasteiger partial charge on any atom is 0.259 e. The number of nitrogens with zero attached hydrogens (tertiary/aromatic N) is 1. The molecule has 0 saturated carbocycles. The van der Waals surface area contributed by atoms with Crippen molar-refractivity contribution in [2.24, 2.45) is 5.10 Å². The number of methoxy groups -OCH3 is 1. The number of hydrogen-bond acceptors (Lipinski definition) is 5. The van der Waals surface area contributed by atoms with Crippen molar-refractivity contribution in [2.75, 3.05) is 19.0 Å². The number of carbonyl (C=O) groups excluding carboxylic acids is 1. The van der Waals surface area contributed by atoms with E-state index in [1.54, 1.807) is 12.1 Å². The Morgan fingerprint density at radius 2 is 1.92 bits per heavy atom. The van der Waals surface area contributed by atoms with Crippen LogP contribution in [0.4, 0.5) is 5.69 Å². The third kappa shape index (κ3) is 5.72. The number of phenols is 1. The van der Waals surface area contributed by atoms with Gasteiger partial charge in [-0.1, -0.05) is 15.9 Å². The standard InChI is InChI=1S/C16H14Br3N3O3/c1-25-11-2-3-14(23)9(4-11)7-21-22-15(24)8-20-16-12(18)5-10(17)6-13(16)19/h2-7,20,23H,8H2,1H3,(H,22,24)/b21-7-. The van der Waals surface area contributed by atoms with E-state index >= 15 is 0 Å². The molecule has 0 bridgehead atoms. The minimum atomic E-state index is -0.333. The molecule has 0 spiro atoms. The normalized spacial score (nSPS) is 10.7. The molecule has 0 aliphatic rings. The highest BCUT2D eigenvalue weighted by Gasteiger charge is 2.08. The Bertz CT molecular complexity index is 789. The summed E-state index contributed by atoms with van der Waals surface area (Å²) in [6, 6.07) is 8.47. The molecule has 0 saturated heterocycles. The van der Waals surface area contributed by atoms with Crippen LogP contribution < -0.4 is 15.5 Å². The van der Waals surface area contributed by atoms with E-state index in [0.29, 0.717) is 11.3 Å². The van der Waals surface area contributed by atoms with Gasteiger partial charge in [0.25, 0.3) is 5.91 Å². The molecular weight excluding hydrogens is 522 g/mol. The predicted molar refractivity (Wildman–Crippen MR) is 108 cm³/mol. The Kier molecular flexibility index (Phi) is 7.27. The van der Waals surface area contributed by atoms with Crippen LogP contribution in [0, 0.1) is 0 Å². The Hall–Kier alpha value is -1.58. The van der Waals surface area contributed by atoms with Crippen molar-refractivity contribution in [3.8, 4) is 11.5 Å². The first-order valence-corrected chi connectivity index (χ1v) is 9.36. The smallest absolute Gasteiger partial charge is 0.259 e. The van der Waals surface area contributed by atoms with Crippen molar-refractivity contribution in [3.05, 3.63) is 49.3 Å². The van der Waals surface area contributed by atoms with Crippen LogP contribution >= 0.6 is 47.8 Å². The second kappa shape index (κ2) is 9.21. The molecule has 25 heavy (non-hydrogen) atoms. The Morgan fingerprint density at radius 3 is 2.56 bits per heavy atom. The number of nitrogens with one attached hydrogen (secondary N) is 2. The molecule has 6 nitrogen and oxygen atoms in total. The van der Waals surface area contributed by atoms with Gasteiger partial charge in [0.2, 0.25) is 0 Å². The van der Waals surface area contributed by atoms with E-state index in [0.717, 1.165) is 19.1 Å². The number of amides is 1. The van der Waals surface area contributed by atoms with Crippen LogP contribution in [0.25, 0.3) is 0 Å². The maximum atomic E-state index is 11.9. The van der Waals surface area contributed by atoms with E-state index < -0.39 is 0 Å². The van der Waals surface area contributed by atoms with E-state index in [9.17, 15) is 9.90 Å². The molecule has 0 aliphatic carbocycles. The van der Waals surface area contributed by atoms with Crippen LogP contribution in [0.1, 0.15) is 5.56 Å². The zero-order chi connectivity index (χ0) is 18.4. The number of hydrogen-bond donors (Lipinski definition) is 3. The molecule has 2 aromatic rings. The fourth-order valence-corrected chi connectivity index (χ4v) is 4.40. The van der Waals surface area contributed by atoms with Crippen LogP contribution in [0.3, 0.4) is 0 Å². The molecule has 9 heteroatoms. The lowest BCUT2D eigenvalue weighted by Gasteiger charge is -2.10. The maximum absolute atomic E-state index is 11.9. The fourth-order valence-electron chi connectivity index (χ4n) is 1.86. The highest BCUT2D eigenvalue weighted by Crippen LogP contribution is 2.34. The number of hydrazone groups is 1. The van der Waals surface area contributed by atoms with Gasteiger partial charge in [0.15, 0.2) is 0 Å².